The van der Waals surface area contributed by atoms with Crippen molar-refractivity contribution in [1.29, 1.82) is 0 Å². The molecule has 2 unspecified atom stereocenters. The molecule has 5 heterocycles. The fourth-order valence-corrected chi connectivity index (χ4v) is 14.4. The standard InChI is InChI=1S/C69H81F10N12O19PS/c1-36-21-42(26-53(92)91(112(103,104)105)37(2)60(96)97)55(51(22-36)110-111(100,101)102)65(3,4)27-54(93)109-52(33-88(86-59(95)57(84-64(99)107-10)67(7,8)69(77,78)79)32-46-47(70)24-41(25-48(46)71)49-19-20-89(85-49)61(72)73)50(82-58(94)56(83-63(98)106-9)66(5,6)68(74,75)76)23-39-14-11-38(12-15-39)13-16-40-28-80-62(81-29-40)87-30-43-17-18-44(31-87)90(43)45-34-108-35-45/h11-12,14-15,19-22,24-25,28-29,37,43-45,50,52,56-57,61H,17-18,23,26-27,30-35H2,1-10H3,(H,82,94)(H,83,98)(H,84,99)(H,86,95)(H,96,97)(H2,100,101,102)(H,103,104,105)/t37-,43?,44?,50+,52+,56-,57-/m1/s1. The number of alkyl halides is 8. The maximum Gasteiger partial charge on any atom is 0.524 e. The Bertz CT molecular complexity index is 4520. The molecule has 3 aliphatic rings. The van der Waals surface area contributed by atoms with E-state index in [4.69, 9.17) is 14.0 Å². The Morgan fingerprint density at radius 1 is 0.777 bits per heavy atom. The van der Waals surface area contributed by atoms with Gasteiger partial charge in [-0.15, -0.1) is 0 Å². The van der Waals surface area contributed by atoms with Crippen LogP contribution in [0.1, 0.15) is 113 Å². The number of carboxylic acids is 1. The lowest BCUT2D eigenvalue weighted by Gasteiger charge is -2.47. The van der Waals surface area contributed by atoms with Crippen LogP contribution in [0.3, 0.4) is 0 Å². The van der Waals surface area contributed by atoms with Crippen LogP contribution in [0.15, 0.2) is 73.2 Å². The number of carbonyl (C=O) groups is 7. The third-order valence-corrected chi connectivity index (χ3v) is 20.7. The number of methoxy groups -OCH3 is 2. The maximum absolute atomic E-state index is 16.9. The van der Waals surface area contributed by atoms with Crippen LogP contribution in [0.2, 0.25) is 0 Å². The SMILES string of the molecule is COC(=O)N[C@H](C(=O)N[C@@H](Cc1ccc(C#Cc2cnc(N3CC4CCC(C3)N4C3COC3)nc2)cc1)[C@H](CN(Cc1c(F)cc(-c2ccn(C(F)F)n2)cc1F)NC(=O)[C@@H](NC(=O)OC)C(C)(C)C(F)(F)F)OC(=O)CC(C)(C)c1c(CC(=O)N([C@H](C)C(=O)O)S(=O)(=O)O)cc(C)cc1OP(=O)(O)O)C(C)(C)C(F)(F)F. The molecule has 8 N–H and O–H groups in total. The van der Waals surface area contributed by atoms with Crippen molar-refractivity contribution in [3.8, 4) is 28.8 Å². The smallest absolute Gasteiger partial charge is 0.480 e. The number of halogens is 10. The number of hydrazine groups is 1. The van der Waals surface area contributed by atoms with E-state index in [-0.39, 0.29) is 33.5 Å². The van der Waals surface area contributed by atoms with Crippen LogP contribution >= 0.6 is 7.82 Å². The molecule has 5 amide bonds. The van der Waals surface area contributed by atoms with Crippen LogP contribution in [0.5, 0.6) is 5.75 Å². The average molecular weight is 1640 g/mol. The first-order chi connectivity index (χ1) is 51.9. The lowest BCUT2D eigenvalue weighted by atomic mass is 9.77. The highest BCUT2D eigenvalue weighted by molar-refractivity contribution is 7.84. The van der Waals surface area contributed by atoms with Crippen molar-refractivity contribution >= 4 is 65.9 Å². The monoisotopic (exact) mass is 1630 g/mol. The molecule has 112 heavy (non-hydrogen) atoms. The van der Waals surface area contributed by atoms with E-state index in [0.29, 0.717) is 103 Å². The summed E-state index contributed by atoms with van der Waals surface area (Å²) in [6, 6.07) is 0.344. The Hall–Kier alpha value is -9.76. The van der Waals surface area contributed by atoms with Gasteiger partial charge < -0.3 is 49.4 Å². The molecule has 3 saturated heterocycles. The zero-order valence-corrected chi connectivity index (χ0v) is 63.2. The van der Waals surface area contributed by atoms with Gasteiger partial charge in [-0.1, -0.05) is 43.9 Å². The van der Waals surface area contributed by atoms with Crippen molar-refractivity contribution in [2.24, 2.45) is 10.8 Å². The maximum atomic E-state index is 16.9. The fraction of sp³-hybridized carbons (Fsp3) is 0.507. The number of alkyl carbamates (subject to hydrolysis) is 2. The number of rotatable bonds is 30. The highest BCUT2D eigenvalue weighted by Crippen LogP contribution is 2.47. The summed E-state index contributed by atoms with van der Waals surface area (Å²) in [5, 5.41) is 19.6. The number of phosphoric ester groups is 1. The van der Waals surface area contributed by atoms with Crippen LogP contribution in [-0.4, -0.2) is 211 Å². The van der Waals surface area contributed by atoms with Gasteiger partial charge in [0.25, 0.3) is 5.91 Å². The number of nitrogens with one attached hydrogen (secondary N) is 4. The van der Waals surface area contributed by atoms with E-state index in [1.807, 2.05) is 10.7 Å². The molecule has 7 atom stereocenters. The van der Waals surface area contributed by atoms with Crippen LogP contribution in [0.25, 0.3) is 11.3 Å². The molecule has 31 nitrogen and oxygen atoms in total. The highest BCUT2D eigenvalue weighted by Gasteiger charge is 2.58. The normalized spacial score (nSPS) is 17.2. The summed E-state index contributed by atoms with van der Waals surface area (Å²) in [7, 11) is -10.1. The molecule has 8 rings (SSSR count). The van der Waals surface area contributed by atoms with E-state index in [9.17, 15) is 65.2 Å². The van der Waals surface area contributed by atoms with Crippen molar-refractivity contribution in [1.82, 2.24) is 55.3 Å². The van der Waals surface area contributed by atoms with Crippen LogP contribution in [-0.2, 0) is 82.6 Å². The topological polar surface area (TPSA) is 402 Å². The van der Waals surface area contributed by atoms with Crippen molar-refractivity contribution in [2.75, 3.05) is 52.0 Å². The molecule has 2 aromatic heterocycles. The number of ether oxygens (including phenoxy) is 4. The lowest BCUT2D eigenvalue weighted by Crippen LogP contribution is -2.64. The number of esters is 1. The van der Waals surface area contributed by atoms with E-state index in [0.717, 1.165) is 58.2 Å². The molecule has 612 valence electrons. The Morgan fingerprint density at radius 3 is 1.80 bits per heavy atom. The number of nitrogens with zero attached hydrogens (tertiary/aromatic N) is 8. The van der Waals surface area contributed by atoms with Crippen molar-refractivity contribution in [3.63, 3.8) is 0 Å². The minimum absolute atomic E-state index is 0.0209. The number of carbonyl (C=O) groups excluding carboxylic acids is 6. The van der Waals surface area contributed by atoms with Gasteiger partial charge in [0.2, 0.25) is 17.8 Å². The van der Waals surface area contributed by atoms with Crippen LogP contribution in [0.4, 0.5) is 59.4 Å². The third kappa shape index (κ3) is 21.3. The second-order valence-electron chi connectivity index (χ2n) is 28.6. The van der Waals surface area contributed by atoms with Gasteiger partial charge in [-0.25, -0.2) is 51.7 Å². The molecule has 3 aliphatic heterocycles. The predicted octanol–water partition coefficient (Wildman–Crippen LogP) is 7.36. The van der Waals surface area contributed by atoms with Gasteiger partial charge in [0.1, 0.15) is 41.6 Å². The molecule has 3 fully saturated rings. The molecule has 5 aromatic rings. The first kappa shape index (κ1) is 87.8. The van der Waals surface area contributed by atoms with E-state index in [2.05, 4.69) is 51.5 Å². The molecule has 2 bridgehead atoms. The molecule has 0 radical (unpaired) electrons. The number of carboxylic acid groups (broad SMARTS) is 1. The Balaban J connectivity index is 1.29. The number of aromatic nitrogens is 4. The van der Waals surface area contributed by atoms with Gasteiger partial charge in [0.15, 0.2) is 0 Å². The first-order valence-corrected chi connectivity index (χ1v) is 37.0. The number of aliphatic carboxylic acids is 1. The number of aryl methyl sites for hydroxylation is 1. The molecular formula is C69H81F10N12O19PS. The van der Waals surface area contributed by atoms with Crippen LogP contribution < -0.4 is 30.8 Å². The number of benzene rings is 3. The van der Waals surface area contributed by atoms with Crippen LogP contribution in [0, 0.1) is 41.2 Å². The summed E-state index contributed by atoms with van der Waals surface area (Å²) >= 11 is 0. The third-order valence-electron chi connectivity index (χ3n) is 19.3. The number of phosphoric acid groups is 1. The van der Waals surface area contributed by atoms with Crippen molar-refractivity contribution < 1.29 is 133 Å². The molecule has 0 aliphatic carbocycles. The van der Waals surface area contributed by atoms with Crippen molar-refractivity contribution in [3.05, 3.63) is 124 Å². The number of anilines is 1. The zero-order valence-electron chi connectivity index (χ0n) is 61.5. The summed E-state index contributed by atoms with van der Waals surface area (Å²) in [5.74, 6) is -6.75. The summed E-state index contributed by atoms with van der Waals surface area (Å²) in [6.45, 7) is 2.52. The van der Waals surface area contributed by atoms with Gasteiger partial charge in [-0.3, -0.25) is 43.8 Å². The minimum Gasteiger partial charge on any atom is -0.480 e. The molecule has 43 heteroatoms. The number of amides is 5. The number of piperazine rings is 1. The van der Waals surface area contributed by atoms with Gasteiger partial charge in [0, 0.05) is 78.0 Å². The summed E-state index contributed by atoms with van der Waals surface area (Å²) < 4.78 is 226. The first-order valence-electron chi connectivity index (χ1n) is 34.1. The van der Waals surface area contributed by atoms with E-state index in [1.54, 1.807) is 5.32 Å². The largest absolute Gasteiger partial charge is 0.524 e. The number of hydrogen-bond donors (Lipinski definition) is 8. The summed E-state index contributed by atoms with van der Waals surface area (Å²) in [4.78, 5) is 131. The second-order valence-corrected chi connectivity index (χ2v) is 31.1. The molecular weight excluding hydrogens is 1550 g/mol. The number of hydrogen-bond acceptors (Lipinski definition) is 21. The quantitative estimate of drug-likeness (QED) is 0.00423. The number of fused-ring (bicyclic) bond motifs is 2. The average Bonchev–Trinajstić information content (AvgIpc) is 1.30. The van der Waals surface area contributed by atoms with Gasteiger partial charge in [0.05, 0.1) is 81.0 Å². The van der Waals surface area contributed by atoms with E-state index >= 15 is 44.7 Å². The second kappa shape index (κ2) is 34.7. The predicted molar refractivity (Wildman–Crippen MR) is 372 cm³/mol. The highest BCUT2D eigenvalue weighted by atomic mass is 32.2. The lowest BCUT2D eigenvalue weighted by molar-refractivity contribution is -0.221. The molecule has 3 aromatic carbocycles. The Kier molecular flexibility index (Phi) is 27.2. The van der Waals surface area contributed by atoms with E-state index in [1.165, 1.54) is 43.6 Å². The molecule has 0 spiro atoms. The Labute approximate surface area is 634 Å². The van der Waals surface area contributed by atoms with Gasteiger partial charge >= 0.3 is 61.2 Å². The van der Waals surface area contributed by atoms with E-state index < -0.39 is 207 Å². The molecule has 0 saturated carbocycles. The Morgan fingerprint density at radius 2 is 1.32 bits per heavy atom. The fourth-order valence-electron chi connectivity index (χ4n) is 13.1. The zero-order chi connectivity index (χ0) is 83.3. The minimum atomic E-state index is -5.76. The van der Waals surface area contributed by atoms with Crippen molar-refractivity contribution in [2.45, 2.75) is 167 Å². The van der Waals surface area contributed by atoms with Gasteiger partial charge in [-0.2, -0.15) is 48.6 Å². The van der Waals surface area contributed by atoms with Gasteiger partial charge in [-0.05, 0) is 114 Å². The summed E-state index contributed by atoms with van der Waals surface area (Å²) in [5.41, 5.74) is -9.41. The summed E-state index contributed by atoms with van der Waals surface area (Å²) in [6.07, 6.45) is -14.2.